The number of anilines is 1. The first-order chi connectivity index (χ1) is 6.74. The first kappa shape index (κ1) is 10.1. The zero-order valence-electron chi connectivity index (χ0n) is 7.53. The number of benzene rings is 1. The van der Waals surface area contributed by atoms with Gasteiger partial charge in [0.25, 0.3) is 0 Å². The van der Waals surface area contributed by atoms with Crippen LogP contribution in [0.1, 0.15) is 12.0 Å². The molecule has 0 aliphatic carbocycles. The summed E-state index contributed by atoms with van der Waals surface area (Å²) in [5, 5.41) is 19.5. The van der Waals surface area contributed by atoms with Crippen LogP contribution < -0.4 is 5.32 Å². The van der Waals surface area contributed by atoms with Gasteiger partial charge in [0.05, 0.1) is 5.69 Å². The number of hydrogen-bond donors (Lipinski definition) is 2. The molecular weight excluding hydrogens is 180 g/mol. The SMILES string of the molecule is N#CNc1ccccc1CCC(=O)O. The van der Waals surface area contributed by atoms with Crippen LogP contribution in [0.15, 0.2) is 24.3 Å². The van der Waals surface area contributed by atoms with E-state index < -0.39 is 5.97 Å². The number of carboxylic acid groups (broad SMARTS) is 1. The quantitative estimate of drug-likeness (QED) is 0.558. The van der Waals surface area contributed by atoms with Crippen molar-refractivity contribution in [3.8, 4) is 6.19 Å². The lowest BCUT2D eigenvalue weighted by molar-refractivity contribution is -0.136. The number of rotatable bonds is 4. The van der Waals surface area contributed by atoms with Gasteiger partial charge in [-0.2, -0.15) is 5.26 Å². The van der Waals surface area contributed by atoms with Crippen LogP contribution in [0.4, 0.5) is 5.69 Å². The molecule has 2 N–H and O–H groups in total. The third-order valence-corrected chi connectivity index (χ3v) is 1.82. The number of nitrogens with one attached hydrogen (secondary N) is 1. The average molecular weight is 190 g/mol. The van der Waals surface area contributed by atoms with E-state index in [4.69, 9.17) is 10.4 Å². The van der Waals surface area contributed by atoms with Crippen molar-refractivity contribution in [3.63, 3.8) is 0 Å². The van der Waals surface area contributed by atoms with Gasteiger partial charge in [-0.05, 0) is 18.1 Å². The van der Waals surface area contributed by atoms with Crippen molar-refractivity contribution in [1.82, 2.24) is 0 Å². The zero-order chi connectivity index (χ0) is 10.4. The zero-order valence-corrected chi connectivity index (χ0v) is 7.53. The van der Waals surface area contributed by atoms with Gasteiger partial charge in [-0.15, -0.1) is 0 Å². The Labute approximate surface area is 81.8 Å². The fourth-order valence-electron chi connectivity index (χ4n) is 1.16. The van der Waals surface area contributed by atoms with Gasteiger partial charge in [0.15, 0.2) is 6.19 Å². The molecule has 1 aromatic rings. The second-order valence-electron chi connectivity index (χ2n) is 2.79. The van der Waals surface area contributed by atoms with E-state index in [0.29, 0.717) is 12.1 Å². The van der Waals surface area contributed by atoms with Gasteiger partial charge in [-0.1, -0.05) is 18.2 Å². The number of para-hydroxylation sites is 1. The summed E-state index contributed by atoms with van der Waals surface area (Å²) < 4.78 is 0. The number of hydrogen-bond acceptors (Lipinski definition) is 3. The van der Waals surface area contributed by atoms with Crippen LogP contribution >= 0.6 is 0 Å². The minimum absolute atomic E-state index is 0.0735. The molecule has 0 heterocycles. The number of nitrogens with zero attached hydrogens (tertiary/aromatic N) is 1. The lowest BCUT2D eigenvalue weighted by Gasteiger charge is -2.04. The van der Waals surface area contributed by atoms with E-state index in [1.165, 1.54) is 0 Å². The molecule has 14 heavy (non-hydrogen) atoms. The highest BCUT2D eigenvalue weighted by Crippen LogP contribution is 2.16. The molecule has 4 heteroatoms. The molecule has 0 amide bonds. The Kier molecular flexibility index (Phi) is 3.50. The molecule has 0 atom stereocenters. The minimum atomic E-state index is -0.836. The first-order valence-electron chi connectivity index (χ1n) is 4.19. The molecule has 0 aromatic heterocycles. The molecular formula is C10H10N2O2. The summed E-state index contributed by atoms with van der Waals surface area (Å²) in [6.45, 7) is 0. The standard InChI is InChI=1S/C10H10N2O2/c11-7-12-9-4-2-1-3-8(9)5-6-10(13)14/h1-4,12H,5-6H2,(H,13,14). The maximum absolute atomic E-state index is 10.4. The van der Waals surface area contributed by atoms with Gasteiger partial charge in [0, 0.05) is 6.42 Å². The summed E-state index contributed by atoms with van der Waals surface area (Å²) in [4.78, 5) is 10.4. The predicted molar refractivity (Wildman–Crippen MR) is 51.6 cm³/mol. The second-order valence-corrected chi connectivity index (χ2v) is 2.79. The molecule has 0 bridgehead atoms. The molecule has 0 aliphatic rings. The molecule has 0 radical (unpaired) electrons. The third kappa shape index (κ3) is 2.79. The van der Waals surface area contributed by atoms with Gasteiger partial charge < -0.3 is 5.11 Å². The highest BCUT2D eigenvalue weighted by atomic mass is 16.4. The van der Waals surface area contributed by atoms with Gasteiger partial charge in [-0.25, -0.2) is 0 Å². The van der Waals surface area contributed by atoms with Crippen molar-refractivity contribution >= 4 is 11.7 Å². The number of aryl methyl sites for hydroxylation is 1. The smallest absolute Gasteiger partial charge is 0.303 e. The first-order valence-corrected chi connectivity index (χ1v) is 4.19. The summed E-state index contributed by atoms with van der Waals surface area (Å²) in [6.07, 6.45) is 2.32. The summed E-state index contributed by atoms with van der Waals surface area (Å²) in [5.41, 5.74) is 1.52. The number of nitriles is 1. The fourth-order valence-corrected chi connectivity index (χ4v) is 1.16. The van der Waals surface area contributed by atoms with E-state index in [1.54, 1.807) is 12.1 Å². The predicted octanol–water partition coefficient (Wildman–Crippen LogP) is 1.60. The number of carboxylic acids is 1. The maximum Gasteiger partial charge on any atom is 0.303 e. The topological polar surface area (TPSA) is 73.1 Å². The van der Waals surface area contributed by atoms with Crippen molar-refractivity contribution in [2.45, 2.75) is 12.8 Å². The fraction of sp³-hybridized carbons (Fsp3) is 0.200. The molecule has 0 fully saturated rings. The molecule has 72 valence electrons. The Morgan fingerprint density at radius 2 is 2.21 bits per heavy atom. The maximum atomic E-state index is 10.4. The van der Waals surface area contributed by atoms with Gasteiger partial charge in [-0.3, -0.25) is 10.1 Å². The summed E-state index contributed by atoms with van der Waals surface area (Å²) in [5.74, 6) is -0.836. The lowest BCUT2D eigenvalue weighted by Crippen LogP contribution is -2.00. The summed E-state index contributed by atoms with van der Waals surface area (Å²) >= 11 is 0. The molecule has 0 unspecified atom stereocenters. The van der Waals surface area contributed by atoms with Crippen molar-refractivity contribution in [3.05, 3.63) is 29.8 Å². The van der Waals surface area contributed by atoms with Gasteiger partial charge >= 0.3 is 5.97 Å². The normalized spacial score (nSPS) is 9.07. The van der Waals surface area contributed by atoms with Crippen molar-refractivity contribution in [1.29, 1.82) is 5.26 Å². The molecule has 0 spiro atoms. The lowest BCUT2D eigenvalue weighted by atomic mass is 10.1. The minimum Gasteiger partial charge on any atom is -0.481 e. The van der Waals surface area contributed by atoms with Gasteiger partial charge in [0.2, 0.25) is 0 Å². The van der Waals surface area contributed by atoms with E-state index in [1.807, 2.05) is 18.3 Å². The van der Waals surface area contributed by atoms with E-state index >= 15 is 0 Å². The highest BCUT2D eigenvalue weighted by molar-refractivity contribution is 5.68. The Bertz CT molecular complexity index is 369. The van der Waals surface area contributed by atoms with Crippen LogP contribution in [0.2, 0.25) is 0 Å². The summed E-state index contributed by atoms with van der Waals surface area (Å²) in [7, 11) is 0. The van der Waals surface area contributed by atoms with Crippen LogP contribution in [-0.2, 0) is 11.2 Å². The van der Waals surface area contributed by atoms with Crippen LogP contribution in [0.25, 0.3) is 0 Å². The second kappa shape index (κ2) is 4.87. The number of aliphatic carboxylic acids is 1. The van der Waals surface area contributed by atoms with Crippen LogP contribution in [0.3, 0.4) is 0 Å². The Hall–Kier alpha value is -2.02. The third-order valence-electron chi connectivity index (χ3n) is 1.82. The van der Waals surface area contributed by atoms with Crippen LogP contribution in [0, 0.1) is 11.5 Å². The van der Waals surface area contributed by atoms with Crippen molar-refractivity contribution < 1.29 is 9.90 Å². The Balaban J connectivity index is 2.74. The van der Waals surface area contributed by atoms with E-state index in [9.17, 15) is 4.79 Å². The largest absolute Gasteiger partial charge is 0.481 e. The highest BCUT2D eigenvalue weighted by Gasteiger charge is 2.03. The van der Waals surface area contributed by atoms with Crippen molar-refractivity contribution in [2.24, 2.45) is 0 Å². The summed E-state index contributed by atoms with van der Waals surface area (Å²) in [6, 6.07) is 7.17. The van der Waals surface area contributed by atoms with E-state index in [-0.39, 0.29) is 6.42 Å². The van der Waals surface area contributed by atoms with Crippen LogP contribution in [-0.4, -0.2) is 11.1 Å². The average Bonchev–Trinajstić information content (AvgIpc) is 2.17. The number of carbonyl (C=O) groups is 1. The molecule has 0 saturated carbocycles. The Morgan fingerprint density at radius 3 is 2.86 bits per heavy atom. The monoisotopic (exact) mass is 190 g/mol. The van der Waals surface area contributed by atoms with E-state index in [2.05, 4.69) is 5.32 Å². The molecule has 1 rings (SSSR count). The Morgan fingerprint density at radius 1 is 1.50 bits per heavy atom. The van der Waals surface area contributed by atoms with Crippen molar-refractivity contribution in [2.75, 3.05) is 5.32 Å². The van der Waals surface area contributed by atoms with Gasteiger partial charge in [0.1, 0.15) is 0 Å². The molecule has 0 saturated heterocycles. The molecule has 0 aliphatic heterocycles. The van der Waals surface area contributed by atoms with E-state index in [0.717, 1.165) is 5.56 Å². The molecule has 1 aromatic carbocycles. The molecule has 4 nitrogen and oxygen atoms in total. The van der Waals surface area contributed by atoms with Crippen LogP contribution in [0.5, 0.6) is 0 Å².